The number of ether oxygens (including phenoxy) is 1. The van der Waals surface area contributed by atoms with E-state index in [0.717, 1.165) is 25.7 Å². The fourth-order valence-corrected chi connectivity index (χ4v) is 5.70. The molecule has 0 atom stereocenters. The second-order valence-electron chi connectivity index (χ2n) is 8.00. The fourth-order valence-electron chi connectivity index (χ4n) is 3.70. The average Bonchev–Trinajstić information content (AvgIpc) is 3.34. The van der Waals surface area contributed by atoms with Crippen molar-refractivity contribution in [2.24, 2.45) is 0 Å². The first-order valence-electron chi connectivity index (χ1n) is 11.3. The molecule has 0 aliphatic rings. The van der Waals surface area contributed by atoms with Crippen molar-refractivity contribution in [2.75, 3.05) is 18.2 Å². The molecule has 1 aromatic heterocycles. The largest absolute Gasteiger partial charge is 0.497 e. The summed E-state index contributed by atoms with van der Waals surface area (Å²) in [6.45, 7) is 0. The molecule has 36 heavy (non-hydrogen) atoms. The molecule has 5 rings (SSSR count). The smallest absolute Gasteiger partial charge is 0.255 e. The second-order valence-corrected chi connectivity index (χ2v) is 10.3. The summed E-state index contributed by atoms with van der Waals surface area (Å²) in [6.07, 6.45) is 0. The molecule has 5 nitrogen and oxygen atoms in total. The van der Waals surface area contributed by atoms with Gasteiger partial charge in [0.05, 0.1) is 23.1 Å². The van der Waals surface area contributed by atoms with Gasteiger partial charge in [-0.3, -0.25) is 9.59 Å². The minimum Gasteiger partial charge on any atom is -0.497 e. The van der Waals surface area contributed by atoms with Crippen LogP contribution in [0.5, 0.6) is 5.75 Å². The summed E-state index contributed by atoms with van der Waals surface area (Å²) < 4.78 is 6.95. The van der Waals surface area contributed by atoms with E-state index in [9.17, 15) is 9.59 Å². The van der Waals surface area contributed by atoms with Gasteiger partial charge in [0.1, 0.15) is 5.75 Å². The molecule has 0 saturated heterocycles. The number of ketones is 1. The van der Waals surface area contributed by atoms with E-state index < -0.39 is 0 Å². The molecular weight excluding hydrogens is 488 g/mol. The standard InChI is InChI=1S/C29H22N2O3S2/c1-34-24-9-5-8-22(16-24)28(33)30-23-14-15-25-27(17-23)36-29(31-25)35-18-26(32)21-12-10-20(11-13-21)19-6-3-2-4-7-19/h2-17H,18H2,1H3,(H,30,33). The molecular formula is C29H22N2O3S2. The number of thioether (sulfide) groups is 1. The highest BCUT2D eigenvalue weighted by Crippen LogP contribution is 2.32. The van der Waals surface area contributed by atoms with Crippen LogP contribution in [-0.4, -0.2) is 29.5 Å². The number of carbonyl (C=O) groups excluding carboxylic acids is 2. The summed E-state index contributed by atoms with van der Waals surface area (Å²) in [5.41, 5.74) is 4.93. The number of rotatable bonds is 8. The molecule has 0 spiro atoms. The van der Waals surface area contributed by atoms with E-state index in [1.165, 1.54) is 23.1 Å². The van der Waals surface area contributed by atoms with Crippen LogP contribution >= 0.6 is 23.1 Å². The van der Waals surface area contributed by atoms with Crippen molar-refractivity contribution in [1.29, 1.82) is 0 Å². The number of anilines is 1. The molecule has 4 aromatic carbocycles. The van der Waals surface area contributed by atoms with E-state index in [1.54, 1.807) is 31.4 Å². The Kier molecular flexibility index (Phi) is 7.11. The zero-order valence-corrected chi connectivity index (χ0v) is 21.1. The molecule has 7 heteroatoms. The number of amides is 1. The molecule has 0 aliphatic carbocycles. The van der Waals surface area contributed by atoms with E-state index in [4.69, 9.17) is 4.74 Å². The number of thiazole rings is 1. The van der Waals surface area contributed by atoms with Crippen LogP contribution in [0.3, 0.4) is 0 Å². The number of methoxy groups -OCH3 is 1. The van der Waals surface area contributed by atoms with Crippen molar-refractivity contribution in [3.05, 3.63) is 108 Å². The van der Waals surface area contributed by atoms with Gasteiger partial charge in [-0.1, -0.05) is 72.4 Å². The third-order valence-electron chi connectivity index (χ3n) is 5.60. The molecule has 0 bridgehead atoms. The molecule has 1 N–H and O–H groups in total. The number of nitrogens with zero attached hydrogens (tertiary/aromatic N) is 1. The molecule has 178 valence electrons. The van der Waals surface area contributed by atoms with Gasteiger partial charge in [0.25, 0.3) is 5.91 Å². The van der Waals surface area contributed by atoms with E-state index >= 15 is 0 Å². The van der Waals surface area contributed by atoms with Gasteiger partial charge in [0.2, 0.25) is 0 Å². The van der Waals surface area contributed by atoms with Gasteiger partial charge >= 0.3 is 0 Å². The van der Waals surface area contributed by atoms with Crippen molar-refractivity contribution in [1.82, 2.24) is 4.98 Å². The number of nitrogens with one attached hydrogen (secondary N) is 1. The quantitative estimate of drug-likeness (QED) is 0.177. The SMILES string of the molecule is COc1cccc(C(=O)Nc2ccc3nc(SCC(=O)c4ccc(-c5ccccc5)cc4)sc3c2)c1. The highest BCUT2D eigenvalue weighted by atomic mass is 32.2. The van der Waals surface area contributed by atoms with Crippen LogP contribution in [-0.2, 0) is 0 Å². The minimum absolute atomic E-state index is 0.0603. The second kappa shape index (κ2) is 10.8. The van der Waals surface area contributed by atoms with Gasteiger partial charge in [0, 0.05) is 16.8 Å². The highest BCUT2D eigenvalue weighted by Gasteiger charge is 2.12. The fraction of sp³-hybridized carbons (Fsp3) is 0.0690. The summed E-state index contributed by atoms with van der Waals surface area (Å²) in [7, 11) is 1.57. The maximum absolute atomic E-state index is 12.7. The molecule has 0 aliphatic heterocycles. The monoisotopic (exact) mass is 510 g/mol. The van der Waals surface area contributed by atoms with Crippen LogP contribution in [0.2, 0.25) is 0 Å². The lowest BCUT2D eigenvalue weighted by atomic mass is 10.0. The van der Waals surface area contributed by atoms with E-state index in [-0.39, 0.29) is 11.7 Å². The Morgan fingerprint density at radius 1 is 0.861 bits per heavy atom. The number of fused-ring (bicyclic) bond motifs is 1. The highest BCUT2D eigenvalue weighted by molar-refractivity contribution is 8.01. The average molecular weight is 511 g/mol. The molecule has 0 saturated carbocycles. The Morgan fingerprint density at radius 2 is 1.64 bits per heavy atom. The number of hydrogen-bond donors (Lipinski definition) is 1. The number of aromatic nitrogens is 1. The predicted octanol–water partition coefficient (Wildman–Crippen LogP) is 7.20. The zero-order valence-electron chi connectivity index (χ0n) is 19.4. The van der Waals surface area contributed by atoms with E-state index in [0.29, 0.717) is 28.3 Å². The van der Waals surface area contributed by atoms with Crippen molar-refractivity contribution in [3.8, 4) is 16.9 Å². The van der Waals surface area contributed by atoms with Crippen molar-refractivity contribution in [3.63, 3.8) is 0 Å². The lowest BCUT2D eigenvalue weighted by Gasteiger charge is -2.06. The number of carbonyl (C=O) groups is 2. The van der Waals surface area contributed by atoms with Crippen molar-refractivity contribution >= 4 is 50.7 Å². The van der Waals surface area contributed by atoms with Gasteiger partial charge in [-0.05, 0) is 47.5 Å². The lowest BCUT2D eigenvalue weighted by Crippen LogP contribution is -2.11. The number of benzene rings is 4. The van der Waals surface area contributed by atoms with E-state index in [1.807, 2.05) is 60.7 Å². The number of Topliss-reactive ketones (excluding diaryl/α,β-unsaturated/α-hetero) is 1. The summed E-state index contributed by atoms with van der Waals surface area (Å²) in [5.74, 6) is 0.787. The molecule has 0 unspecified atom stereocenters. The van der Waals surface area contributed by atoms with Crippen LogP contribution in [0, 0.1) is 0 Å². The van der Waals surface area contributed by atoms with Gasteiger partial charge in [0.15, 0.2) is 10.1 Å². The Balaban J connectivity index is 1.22. The summed E-state index contributed by atoms with van der Waals surface area (Å²) in [4.78, 5) is 30.0. The van der Waals surface area contributed by atoms with Crippen LogP contribution in [0.15, 0.2) is 101 Å². The predicted molar refractivity (Wildman–Crippen MR) is 147 cm³/mol. The van der Waals surface area contributed by atoms with Gasteiger partial charge in [-0.15, -0.1) is 11.3 Å². The Labute approximate surface area is 217 Å². The van der Waals surface area contributed by atoms with E-state index in [2.05, 4.69) is 22.4 Å². The van der Waals surface area contributed by atoms with Crippen molar-refractivity contribution in [2.45, 2.75) is 4.34 Å². The summed E-state index contributed by atoms with van der Waals surface area (Å²) in [5, 5.41) is 2.92. The summed E-state index contributed by atoms with van der Waals surface area (Å²) in [6, 6.07) is 30.4. The Bertz CT molecular complexity index is 1530. The van der Waals surface area contributed by atoms with Gasteiger partial charge in [-0.2, -0.15) is 0 Å². The molecule has 5 aromatic rings. The summed E-state index contributed by atoms with van der Waals surface area (Å²) >= 11 is 2.93. The maximum atomic E-state index is 12.7. The zero-order chi connectivity index (χ0) is 24.9. The normalized spacial score (nSPS) is 10.8. The van der Waals surface area contributed by atoms with Gasteiger partial charge in [-0.25, -0.2) is 4.98 Å². The first-order chi connectivity index (χ1) is 17.6. The topological polar surface area (TPSA) is 68.3 Å². The lowest BCUT2D eigenvalue weighted by molar-refractivity contribution is 0.101. The van der Waals surface area contributed by atoms with Crippen LogP contribution in [0.25, 0.3) is 21.3 Å². The van der Waals surface area contributed by atoms with Crippen LogP contribution in [0.1, 0.15) is 20.7 Å². The Morgan fingerprint density at radius 3 is 2.42 bits per heavy atom. The first kappa shape index (κ1) is 23.8. The number of hydrogen-bond acceptors (Lipinski definition) is 6. The Hall–Kier alpha value is -3.94. The molecule has 0 radical (unpaired) electrons. The third kappa shape index (κ3) is 5.48. The maximum Gasteiger partial charge on any atom is 0.255 e. The van der Waals surface area contributed by atoms with Crippen molar-refractivity contribution < 1.29 is 14.3 Å². The van der Waals surface area contributed by atoms with Crippen LogP contribution < -0.4 is 10.1 Å². The molecule has 1 amide bonds. The molecule has 1 heterocycles. The third-order valence-corrected chi connectivity index (χ3v) is 7.76. The first-order valence-corrected chi connectivity index (χ1v) is 13.1. The minimum atomic E-state index is -0.212. The molecule has 0 fully saturated rings. The van der Waals surface area contributed by atoms with Crippen LogP contribution in [0.4, 0.5) is 5.69 Å². The van der Waals surface area contributed by atoms with Gasteiger partial charge < -0.3 is 10.1 Å².